The van der Waals surface area contributed by atoms with Crippen molar-refractivity contribution >= 4 is 33.4 Å². The molecule has 22 heavy (non-hydrogen) atoms. The van der Waals surface area contributed by atoms with Gasteiger partial charge in [0.1, 0.15) is 0 Å². The van der Waals surface area contributed by atoms with Crippen molar-refractivity contribution in [3.8, 4) is 0 Å². The fourth-order valence-corrected chi connectivity index (χ4v) is 2.51. The zero-order valence-corrected chi connectivity index (χ0v) is 13.4. The second-order valence-electron chi connectivity index (χ2n) is 5.26. The number of halogens is 1. The molecule has 2 amide bonds. The largest absolute Gasteiger partial charge is 0.349 e. The number of benzene rings is 2. The van der Waals surface area contributed by atoms with Crippen molar-refractivity contribution in [1.82, 2.24) is 5.32 Å². The number of anilines is 1. The molecular formula is C17H15BrN2O2. The summed E-state index contributed by atoms with van der Waals surface area (Å²) in [5, 5.41) is 5.75. The van der Waals surface area contributed by atoms with Gasteiger partial charge in [-0.15, -0.1) is 0 Å². The van der Waals surface area contributed by atoms with E-state index in [0.717, 1.165) is 17.3 Å². The van der Waals surface area contributed by atoms with E-state index in [0.29, 0.717) is 22.9 Å². The van der Waals surface area contributed by atoms with Crippen LogP contribution < -0.4 is 10.6 Å². The summed E-state index contributed by atoms with van der Waals surface area (Å²) in [4.78, 5) is 24.1. The normalized spacial score (nSPS) is 13.5. The van der Waals surface area contributed by atoms with Gasteiger partial charge in [-0.1, -0.05) is 12.1 Å². The molecule has 1 aliphatic rings. The minimum absolute atomic E-state index is 0.0637. The maximum Gasteiger partial charge on any atom is 0.256 e. The summed E-state index contributed by atoms with van der Waals surface area (Å²) in [7, 11) is 0. The van der Waals surface area contributed by atoms with Gasteiger partial charge in [0.2, 0.25) is 0 Å². The Balaban J connectivity index is 1.66. The standard InChI is InChI=1S/C17H15BrN2O2/c18-15-4-2-1-3-14(15)17(22)20-12-7-5-11(6-8-12)16(21)19-13-9-10-13/h1-8,13H,9-10H2,(H,19,21)(H,20,22). The number of hydrogen-bond acceptors (Lipinski definition) is 2. The van der Waals surface area contributed by atoms with Crippen LogP contribution in [0, 0.1) is 0 Å². The van der Waals surface area contributed by atoms with Crippen LogP contribution in [-0.4, -0.2) is 17.9 Å². The molecule has 0 saturated heterocycles. The van der Waals surface area contributed by atoms with Crippen LogP contribution in [0.4, 0.5) is 5.69 Å². The first-order valence-corrected chi connectivity index (χ1v) is 7.89. The Morgan fingerprint density at radius 1 is 0.955 bits per heavy atom. The summed E-state index contributed by atoms with van der Waals surface area (Å²) in [5.74, 6) is -0.256. The molecule has 0 aliphatic heterocycles. The van der Waals surface area contributed by atoms with Crippen LogP contribution in [0.5, 0.6) is 0 Å². The topological polar surface area (TPSA) is 58.2 Å². The van der Waals surface area contributed by atoms with Crippen LogP contribution in [0.25, 0.3) is 0 Å². The van der Waals surface area contributed by atoms with E-state index in [9.17, 15) is 9.59 Å². The quantitative estimate of drug-likeness (QED) is 0.877. The Hall–Kier alpha value is -2.14. The van der Waals surface area contributed by atoms with Crippen LogP contribution in [0.15, 0.2) is 53.0 Å². The lowest BCUT2D eigenvalue weighted by molar-refractivity contribution is 0.0950. The minimum Gasteiger partial charge on any atom is -0.349 e. The molecule has 5 heteroatoms. The first kappa shape index (κ1) is 14.8. The molecule has 3 rings (SSSR count). The number of nitrogens with one attached hydrogen (secondary N) is 2. The van der Waals surface area contributed by atoms with E-state index < -0.39 is 0 Å². The summed E-state index contributed by atoms with van der Waals surface area (Å²) < 4.78 is 0.743. The van der Waals surface area contributed by atoms with Crippen LogP contribution in [-0.2, 0) is 0 Å². The lowest BCUT2D eigenvalue weighted by Gasteiger charge is -2.08. The van der Waals surface area contributed by atoms with E-state index in [1.165, 1.54) is 0 Å². The molecule has 1 aliphatic carbocycles. The van der Waals surface area contributed by atoms with Crippen molar-refractivity contribution in [1.29, 1.82) is 0 Å². The van der Waals surface area contributed by atoms with E-state index in [1.54, 1.807) is 30.3 Å². The van der Waals surface area contributed by atoms with Crippen molar-refractivity contribution in [3.05, 3.63) is 64.1 Å². The fourth-order valence-electron chi connectivity index (χ4n) is 2.05. The number of carbonyl (C=O) groups excluding carboxylic acids is 2. The third-order valence-corrected chi connectivity index (χ3v) is 4.13. The van der Waals surface area contributed by atoms with Gasteiger partial charge < -0.3 is 10.6 Å². The predicted molar refractivity (Wildman–Crippen MR) is 89.0 cm³/mol. The number of carbonyl (C=O) groups is 2. The zero-order chi connectivity index (χ0) is 15.5. The van der Waals surface area contributed by atoms with E-state index in [4.69, 9.17) is 0 Å². The molecule has 1 fully saturated rings. The number of hydrogen-bond donors (Lipinski definition) is 2. The van der Waals surface area contributed by atoms with Crippen molar-refractivity contribution in [2.24, 2.45) is 0 Å². The van der Waals surface area contributed by atoms with E-state index in [2.05, 4.69) is 26.6 Å². The molecule has 0 bridgehead atoms. The second kappa shape index (κ2) is 6.32. The third kappa shape index (κ3) is 3.54. The van der Waals surface area contributed by atoms with Crippen LogP contribution >= 0.6 is 15.9 Å². The van der Waals surface area contributed by atoms with Gasteiger partial charge in [0, 0.05) is 21.8 Å². The molecule has 112 valence electrons. The van der Waals surface area contributed by atoms with E-state index >= 15 is 0 Å². The monoisotopic (exact) mass is 358 g/mol. The molecule has 1 saturated carbocycles. The Labute approximate surface area is 137 Å². The Morgan fingerprint density at radius 2 is 1.64 bits per heavy atom. The minimum atomic E-state index is -0.192. The van der Waals surface area contributed by atoms with Crippen LogP contribution in [0.2, 0.25) is 0 Å². The van der Waals surface area contributed by atoms with Gasteiger partial charge in [-0.3, -0.25) is 9.59 Å². The zero-order valence-electron chi connectivity index (χ0n) is 11.8. The summed E-state index contributed by atoms with van der Waals surface area (Å²) in [6.45, 7) is 0. The first-order valence-electron chi connectivity index (χ1n) is 7.10. The summed E-state index contributed by atoms with van der Waals surface area (Å²) in [5.41, 5.74) is 1.83. The van der Waals surface area contributed by atoms with Gasteiger partial charge in [-0.25, -0.2) is 0 Å². The smallest absolute Gasteiger partial charge is 0.256 e. The fraction of sp³-hybridized carbons (Fsp3) is 0.176. The van der Waals surface area contributed by atoms with Gasteiger partial charge in [-0.05, 0) is 65.2 Å². The van der Waals surface area contributed by atoms with Gasteiger partial charge in [0.25, 0.3) is 11.8 Å². The highest BCUT2D eigenvalue weighted by Crippen LogP contribution is 2.20. The van der Waals surface area contributed by atoms with Crippen LogP contribution in [0.1, 0.15) is 33.6 Å². The summed E-state index contributed by atoms with van der Waals surface area (Å²) in [6, 6.07) is 14.5. The van der Waals surface area contributed by atoms with Crippen molar-refractivity contribution in [3.63, 3.8) is 0 Å². The molecule has 0 atom stereocenters. The maximum atomic E-state index is 12.2. The summed E-state index contributed by atoms with van der Waals surface area (Å²) in [6.07, 6.45) is 2.12. The SMILES string of the molecule is O=C(NC1CC1)c1ccc(NC(=O)c2ccccc2Br)cc1. The van der Waals surface area contributed by atoms with Gasteiger partial charge in [0.15, 0.2) is 0 Å². The van der Waals surface area contributed by atoms with E-state index in [1.807, 2.05) is 18.2 Å². The van der Waals surface area contributed by atoms with E-state index in [-0.39, 0.29) is 11.8 Å². The maximum absolute atomic E-state index is 12.2. The highest BCUT2D eigenvalue weighted by atomic mass is 79.9. The molecule has 2 aromatic rings. The lowest BCUT2D eigenvalue weighted by Crippen LogP contribution is -2.25. The molecule has 0 spiro atoms. The van der Waals surface area contributed by atoms with Crippen LogP contribution in [0.3, 0.4) is 0 Å². The van der Waals surface area contributed by atoms with Gasteiger partial charge in [0.05, 0.1) is 5.56 Å². The molecule has 0 aromatic heterocycles. The number of rotatable bonds is 4. The van der Waals surface area contributed by atoms with Crippen molar-refractivity contribution in [2.75, 3.05) is 5.32 Å². The Kier molecular flexibility index (Phi) is 4.24. The molecule has 2 N–H and O–H groups in total. The van der Waals surface area contributed by atoms with Gasteiger partial charge >= 0.3 is 0 Å². The number of amides is 2. The molecular weight excluding hydrogens is 344 g/mol. The average Bonchev–Trinajstić information content (AvgIpc) is 3.32. The average molecular weight is 359 g/mol. The molecule has 4 nitrogen and oxygen atoms in total. The Bertz CT molecular complexity index is 709. The van der Waals surface area contributed by atoms with Crippen molar-refractivity contribution in [2.45, 2.75) is 18.9 Å². The van der Waals surface area contributed by atoms with Crippen molar-refractivity contribution < 1.29 is 9.59 Å². The molecule has 0 unspecified atom stereocenters. The predicted octanol–water partition coefficient (Wildman–Crippen LogP) is 3.59. The van der Waals surface area contributed by atoms with Gasteiger partial charge in [-0.2, -0.15) is 0 Å². The highest BCUT2D eigenvalue weighted by Gasteiger charge is 2.23. The first-order chi connectivity index (χ1) is 10.6. The molecule has 0 heterocycles. The third-order valence-electron chi connectivity index (χ3n) is 3.44. The molecule has 2 aromatic carbocycles. The lowest BCUT2D eigenvalue weighted by atomic mass is 10.1. The highest BCUT2D eigenvalue weighted by molar-refractivity contribution is 9.10. The second-order valence-corrected chi connectivity index (χ2v) is 6.11. The summed E-state index contributed by atoms with van der Waals surface area (Å²) >= 11 is 3.36. The Morgan fingerprint density at radius 3 is 2.27 bits per heavy atom. The molecule has 0 radical (unpaired) electrons.